The van der Waals surface area contributed by atoms with E-state index in [2.05, 4.69) is 29.7 Å². The molecular formula is C14H22N2O2. The molecule has 0 aliphatic carbocycles. The van der Waals surface area contributed by atoms with E-state index in [1.54, 1.807) is 7.11 Å². The van der Waals surface area contributed by atoms with E-state index in [0.29, 0.717) is 6.04 Å². The van der Waals surface area contributed by atoms with E-state index in [1.807, 2.05) is 6.07 Å². The normalized spacial score (nSPS) is 19.6. The van der Waals surface area contributed by atoms with Crippen LogP contribution in [-0.4, -0.2) is 39.5 Å². The van der Waals surface area contributed by atoms with Gasteiger partial charge in [0.25, 0.3) is 0 Å². The lowest BCUT2D eigenvalue weighted by Crippen LogP contribution is -2.42. The Morgan fingerprint density at radius 2 is 2.39 bits per heavy atom. The molecule has 0 saturated carbocycles. The number of benzene rings is 1. The SMILES string of the molecule is COc1ccc(NCCC2COCCN2)cc1C. The van der Waals surface area contributed by atoms with E-state index in [-0.39, 0.29) is 0 Å². The van der Waals surface area contributed by atoms with Gasteiger partial charge in [0.15, 0.2) is 0 Å². The molecule has 2 N–H and O–H groups in total. The fourth-order valence-electron chi connectivity index (χ4n) is 2.18. The standard InChI is InChI=1S/C14H22N2O2/c1-11-9-12(3-4-14(11)17-2)15-6-5-13-10-18-8-7-16-13/h3-4,9,13,15-16H,5-8,10H2,1-2H3. The van der Waals surface area contributed by atoms with Gasteiger partial charge < -0.3 is 20.1 Å². The molecular weight excluding hydrogens is 228 g/mol. The summed E-state index contributed by atoms with van der Waals surface area (Å²) in [5.41, 5.74) is 2.30. The third-order valence-electron chi connectivity index (χ3n) is 3.22. The Balaban J connectivity index is 1.77. The molecule has 18 heavy (non-hydrogen) atoms. The third kappa shape index (κ3) is 3.62. The van der Waals surface area contributed by atoms with Gasteiger partial charge in [0.1, 0.15) is 5.75 Å². The van der Waals surface area contributed by atoms with E-state index >= 15 is 0 Å². The molecule has 1 aromatic carbocycles. The largest absolute Gasteiger partial charge is 0.496 e. The monoisotopic (exact) mass is 250 g/mol. The zero-order valence-corrected chi connectivity index (χ0v) is 11.2. The molecule has 1 aliphatic rings. The first-order valence-electron chi connectivity index (χ1n) is 6.49. The quantitative estimate of drug-likeness (QED) is 0.836. The van der Waals surface area contributed by atoms with Gasteiger partial charge in [-0.3, -0.25) is 0 Å². The Bertz CT molecular complexity index is 376. The van der Waals surface area contributed by atoms with Crippen molar-refractivity contribution in [1.29, 1.82) is 0 Å². The van der Waals surface area contributed by atoms with Crippen molar-refractivity contribution in [1.82, 2.24) is 5.32 Å². The van der Waals surface area contributed by atoms with Crippen LogP contribution in [0.1, 0.15) is 12.0 Å². The van der Waals surface area contributed by atoms with Gasteiger partial charge >= 0.3 is 0 Å². The van der Waals surface area contributed by atoms with Crippen LogP contribution in [0.5, 0.6) is 5.75 Å². The molecule has 2 rings (SSSR count). The number of methoxy groups -OCH3 is 1. The number of ether oxygens (including phenoxy) is 2. The van der Waals surface area contributed by atoms with Crippen molar-refractivity contribution in [2.45, 2.75) is 19.4 Å². The molecule has 0 bridgehead atoms. The van der Waals surface area contributed by atoms with Gasteiger partial charge in [-0.05, 0) is 37.1 Å². The van der Waals surface area contributed by atoms with Crippen molar-refractivity contribution in [3.8, 4) is 5.75 Å². The molecule has 0 aromatic heterocycles. The van der Waals surface area contributed by atoms with Crippen LogP contribution in [0.15, 0.2) is 18.2 Å². The summed E-state index contributed by atoms with van der Waals surface area (Å²) in [4.78, 5) is 0. The first kappa shape index (κ1) is 13.2. The zero-order valence-electron chi connectivity index (χ0n) is 11.2. The number of morpholine rings is 1. The van der Waals surface area contributed by atoms with Crippen LogP contribution in [0.4, 0.5) is 5.69 Å². The van der Waals surface area contributed by atoms with Crippen molar-refractivity contribution in [2.75, 3.05) is 38.7 Å². The van der Waals surface area contributed by atoms with E-state index in [0.717, 1.165) is 49.7 Å². The van der Waals surface area contributed by atoms with Crippen molar-refractivity contribution in [2.24, 2.45) is 0 Å². The van der Waals surface area contributed by atoms with E-state index in [4.69, 9.17) is 9.47 Å². The van der Waals surface area contributed by atoms with Crippen LogP contribution < -0.4 is 15.4 Å². The summed E-state index contributed by atoms with van der Waals surface area (Å²) < 4.78 is 10.7. The Morgan fingerprint density at radius 1 is 1.50 bits per heavy atom. The minimum Gasteiger partial charge on any atom is -0.496 e. The molecule has 1 unspecified atom stereocenters. The maximum absolute atomic E-state index is 5.43. The summed E-state index contributed by atoms with van der Waals surface area (Å²) in [7, 11) is 1.70. The van der Waals surface area contributed by atoms with Crippen molar-refractivity contribution in [3.63, 3.8) is 0 Å². The highest BCUT2D eigenvalue weighted by Gasteiger charge is 2.11. The van der Waals surface area contributed by atoms with Crippen LogP contribution in [0.3, 0.4) is 0 Å². The molecule has 0 spiro atoms. The predicted molar refractivity (Wildman–Crippen MR) is 73.4 cm³/mol. The van der Waals surface area contributed by atoms with Crippen LogP contribution >= 0.6 is 0 Å². The molecule has 0 amide bonds. The molecule has 100 valence electrons. The summed E-state index contributed by atoms with van der Waals surface area (Å²) in [5, 5.41) is 6.88. The topological polar surface area (TPSA) is 42.5 Å². The second-order valence-electron chi connectivity index (χ2n) is 4.63. The van der Waals surface area contributed by atoms with Crippen molar-refractivity contribution < 1.29 is 9.47 Å². The molecule has 1 heterocycles. The maximum atomic E-state index is 5.43. The number of nitrogens with one attached hydrogen (secondary N) is 2. The highest BCUT2D eigenvalue weighted by atomic mass is 16.5. The fourth-order valence-corrected chi connectivity index (χ4v) is 2.18. The lowest BCUT2D eigenvalue weighted by atomic mass is 10.1. The minimum atomic E-state index is 0.477. The second-order valence-corrected chi connectivity index (χ2v) is 4.63. The number of anilines is 1. The van der Waals surface area contributed by atoms with Gasteiger partial charge in [-0.2, -0.15) is 0 Å². The summed E-state index contributed by atoms with van der Waals surface area (Å²) >= 11 is 0. The summed E-state index contributed by atoms with van der Waals surface area (Å²) in [6, 6.07) is 6.64. The highest BCUT2D eigenvalue weighted by Crippen LogP contribution is 2.21. The Labute approximate surface area is 109 Å². The number of hydrogen-bond donors (Lipinski definition) is 2. The molecule has 0 radical (unpaired) electrons. The van der Waals surface area contributed by atoms with Crippen LogP contribution in [0.2, 0.25) is 0 Å². The van der Waals surface area contributed by atoms with Crippen LogP contribution in [0, 0.1) is 6.92 Å². The van der Waals surface area contributed by atoms with Gasteiger partial charge in [-0.25, -0.2) is 0 Å². The molecule has 1 aromatic rings. The predicted octanol–water partition coefficient (Wildman–Crippen LogP) is 1.79. The zero-order chi connectivity index (χ0) is 12.8. The lowest BCUT2D eigenvalue weighted by Gasteiger charge is -2.24. The average Bonchev–Trinajstić information content (AvgIpc) is 2.40. The van der Waals surface area contributed by atoms with Crippen molar-refractivity contribution >= 4 is 5.69 Å². The summed E-state index contributed by atoms with van der Waals surface area (Å²) in [6.07, 6.45) is 1.07. The van der Waals surface area contributed by atoms with Gasteiger partial charge in [0.2, 0.25) is 0 Å². The maximum Gasteiger partial charge on any atom is 0.121 e. The Hall–Kier alpha value is -1.26. The Kier molecular flexibility index (Phi) is 4.84. The van der Waals surface area contributed by atoms with E-state index < -0.39 is 0 Å². The first-order chi connectivity index (χ1) is 8.79. The van der Waals surface area contributed by atoms with E-state index in [1.165, 1.54) is 0 Å². The average molecular weight is 250 g/mol. The summed E-state index contributed by atoms with van der Waals surface area (Å²) in [6.45, 7) is 5.63. The molecule has 1 fully saturated rings. The second kappa shape index (κ2) is 6.61. The molecule has 4 heteroatoms. The highest BCUT2D eigenvalue weighted by molar-refractivity contribution is 5.50. The van der Waals surface area contributed by atoms with Gasteiger partial charge in [0.05, 0.1) is 20.3 Å². The molecule has 1 atom stereocenters. The van der Waals surface area contributed by atoms with Gasteiger partial charge in [-0.1, -0.05) is 0 Å². The number of aryl methyl sites for hydroxylation is 1. The van der Waals surface area contributed by atoms with Crippen LogP contribution in [0.25, 0.3) is 0 Å². The summed E-state index contributed by atoms with van der Waals surface area (Å²) in [5.74, 6) is 0.933. The first-order valence-corrected chi connectivity index (χ1v) is 6.49. The number of hydrogen-bond acceptors (Lipinski definition) is 4. The molecule has 4 nitrogen and oxygen atoms in total. The van der Waals surface area contributed by atoms with Gasteiger partial charge in [0, 0.05) is 24.8 Å². The Morgan fingerprint density at radius 3 is 3.06 bits per heavy atom. The van der Waals surface area contributed by atoms with Gasteiger partial charge in [-0.15, -0.1) is 0 Å². The lowest BCUT2D eigenvalue weighted by molar-refractivity contribution is 0.0753. The number of rotatable bonds is 5. The van der Waals surface area contributed by atoms with Crippen LogP contribution in [-0.2, 0) is 4.74 Å². The molecule has 1 aliphatic heterocycles. The molecule has 1 saturated heterocycles. The van der Waals surface area contributed by atoms with Crippen molar-refractivity contribution in [3.05, 3.63) is 23.8 Å². The smallest absolute Gasteiger partial charge is 0.121 e. The minimum absolute atomic E-state index is 0.477. The fraction of sp³-hybridized carbons (Fsp3) is 0.571. The van der Waals surface area contributed by atoms with E-state index in [9.17, 15) is 0 Å². The third-order valence-corrected chi connectivity index (χ3v) is 3.22.